The van der Waals surface area contributed by atoms with Gasteiger partial charge in [0.25, 0.3) is 0 Å². The first-order valence-corrected chi connectivity index (χ1v) is 8.14. The van der Waals surface area contributed by atoms with E-state index < -0.39 is 10.0 Å². The van der Waals surface area contributed by atoms with E-state index in [4.69, 9.17) is 0 Å². The maximum absolute atomic E-state index is 12.1. The first-order valence-electron chi connectivity index (χ1n) is 6.29. The Hall–Kier alpha value is -1.40. The Bertz CT molecular complexity index is 627. The average Bonchev–Trinajstić information content (AvgIpc) is 2.37. The van der Waals surface area contributed by atoms with E-state index in [1.165, 1.54) is 9.87 Å². The van der Waals surface area contributed by atoms with Gasteiger partial charge in [-0.1, -0.05) is 24.3 Å². The molecule has 2 aliphatic rings. The van der Waals surface area contributed by atoms with E-state index in [1.54, 1.807) is 0 Å². The lowest BCUT2D eigenvalue weighted by atomic mass is 9.91. The van der Waals surface area contributed by atoms with Crippen molar-refractivity contribution in [2.75, 3.05) is 25.9 Å². The smallest absolute Gasteiger partial charge is 0.238 e. The molecule has 5 nitrogen and oxygen atoms in total. The number of fused-ring (bicyclic) bond motifs is 3. The summed E-state index contributed by atoms with van der Waals surface area (Å²) in [6.07, 6.45) is 2.00. The first-order chi connectivity index (χ1) is 8.97. The van der Waals surface area contributed by atoms with Gasteiger partial charge in [-0.25, -0.2) is 8.42 Å². The number of sulfonamides is 1. The quantitative estimate of drug-likeness (QED) is 0.747. The lowest BCUT2D eigenvalue weighted by molar-refractivity contribution is -0.138. The molecule has 1 amide bonds. The molecule has 2 heterocycles. The molecule has 0 N–H and O–H groups in total. The van der Waals surface area contributed by atoms with Crippen LogP contribution in [0.25, 0.3) is 0 Å². The fourth-order valence-corrected chi connectivity index (χ4v) is 3.66. The van der Waals surface area contributed by atoms with Gasteiger partial charge in [0.1, 0.15) is 0 Å². The Morgan fingerprint density at radius 1 is 1.26 bits per heavy atom. The Morgan fingerprint density at radius 2 is 2.00 bits per heavy atom. The average molecular weight is 280 g/mol. The molecule has 3 rings (SSSR count). The highest BCUT2D eigenvalue weighted by Gasteiger charge is 2.39. The zero-order chi connectivity index (χ0) is 13.6. The first kappa shape index (κ1) is 12.6. The van der Waals surface area contributed by atoms with Crippen LogP contribution in [0.3, 0.4) is 0 Å². The molecule has 1 saturated heterocycles. The van der Waals surface area contributed by atoms with Crippen LogP contribution in [0.15, 0.2) is 24.3 Å². The molecule has 6 heteroatoms. The van der Waals surface area contributed by atoms with Crippen LogP contribution in [0.2, 0.25) is 0 Å². The van der Waals surface area contributed by atoms with Gasteiger partial charge in [0.15, 0.2) is 0 Å². The number of rotatable bonds is 1. The fourth-order valence-electron chi connectivity index (χ4n) is 2.90. The Labute approximate surface area is 112 Å². The normalized spacial score (nSPS) is 23.9. The molecular formula is C13H16N2O3S. The maximum atomic E-state index is 12.1. The molecule has 1 fully saturated rings. The zero-order valence-electron chi connectivity index (χ0n) is 10.7. The van der Waals surface area contributed by atoms with Crippen molar-refractivity contribution in [3.05, 3.63) is 35.4 Å². The van der Waals surface area contributed by atoms with Gasteiger partial charge in [0.05, 0.1) is 18.8 Å². The Balaban J connectivity index is 2.00. The SMILES string of the molecule is CS(=O)(=O)N1CC(=O)N2CCc3ccccc3[C@H]2C1. The number of nitrogens with zero attached hydrogens (tertiary/aromatic N) is 2. The summed E-state index contributed by atoms with van der Waals surface area (Å²) in [6.45, 7) is 1.01. The highest BCUT2D eigenvalue weighted by molar-refractivity contribution is 7.88. The molecular weight excluding hydrogens is 264 g/mol. The van der Waals surface area contributed by atoms with Crippen molar-refractivity contribution >= 4 is 15.9 Å². The second-order valence-electron chi connectivity index (χ2n) is 5.11. The van der Waals surface area contributed by atoms with Gasteiger partial charge in [-0.3, -0.25) is 4.79 Å². The second kappa shape index (κ2) is 4.31. The molecule has 102 valence electrons. The number of benzene rings is 1. The predicted octanol–water partition coefficient (Wildman–Crippen LogP) is 0.388. The summed E-state index contributed by atoms with van der Waals surface area (Å²) in [5.41, 5.74) is 2.29. The predicted molar refractivity (Wildman–Crippen MR) is 71.0 cm³/mol. The van der Waals surface area contributed by atoms with Crippen molar-refractivity contribution in [2.24, 2.45) is 0 Å². The van der Waals surface area contributed by atoms with Crippen LogP contribution in [0.1, 0.15) is 17.2 Å². The largest absolute Gasteiger partial charge is 0.333 e. The van der Waals surface area contributed by atoms with Crippen LogP contribution in [0.4, 0.5) is 0 Å². The van der Waals surface area contributed by atoms with Gasteiger partial charge >= 0.3 is 0 Å². The summed E-state index contributed by atoms with van der Waals surface area (Å²) < 4.78 is 24.6. The summed E-state index contributed by atoms with van der Waals surface area (Å²) in [5, 5.41) is 0. The highest BCUT2D eigenvalue weighted by atomic mass is 32.2. The Morgan fingerprint density at radius 3 is 2.74 bits per heavy atom. The third-order valence-electron chi connectivity index (χ3n) is 3.89. The van der Waals surface area contributed by atoms with Gasteiger partial charge in [0.2, 0.25) is 15.9 Å². The molecule has 19 heavy (non-hydrogen) atoms. The third kappa shape index (κ3) is 2.15. The topological polar surface area (TPSA) is 57.7 Å². The monoisotopic (exact) mass is 280 g/mol. The molecule has 0 spiro atoms. The van der Waals surface area contributed by atoms with Gasteiger partial charge in [-0.15, -0.1) is 0 Å². The van der Waals surface area contributed by atoms with E-state index in [1.807, 2.05) is 23.1 Å². The van der Waals surface area contributed by atoms with Crippen LogP contribution in [0, 0.1) is 0 Å². The minimum atomic E-state index is -3.33. The summed E-state index contributed by atoms with van der Waals surface area (Å²) in [5.74, 6) is -0.101. The van der Waals surface area contributed by atoms with E-state index >= 15 is 0 Å². The van der Waals surface area contributed by atoms with E-state index in [0.717, 1.165) is 18.2 Å². The zero-order valence-corrected chi connectivity index (χ0v) is 11.6. The molecule has 0 bridgehead atoms. The third-order valence-corrected chi connectivity index (χ3v) is 5.11. The van der Waals surface area contributed by atoms with Crippen LogP contribution < -0.4 is 0 Å². The minimum Gasteiger partial charge on any atom is -0.333 e. The van der Waals surface area contributed by atoms with Gasteiger partial charge in [0, 0.05) is 13.1 Å². The van der Waals surface area contributed by atoms with Crippen LogP contribution in [-0.4, -0.2) is 49.4 Å². The van der Waals surface area contributed by atoms with Crippen molar-refractivity contribution in [3.63, 3.8) is 0 Å². The molecule has 0 aliphatic carbocycles. The molecule has 0 aromatic heterocycles. The van der Waals surface area contributed by atoms with Gasteiger partial charge in [-0.05, 0) is 17.5 Å². The molecule has 1 aromatic rings. The number of amides is 1. The molecule has 1 atom stereocenters. The fraction of sp³-hybridized carbons (Fsp3) is 0.462. The standard InChI is InChI=1S/C13H16N2O3S/c1-19(17,18)14-8-12-11-5-3-2-4-10(11)6-7-15(12)13(16)9-14/h2-5,12H,6-9H2,1H3/t12-/m1/s1. The van der Waals surface area contributed by atoms with Crippen LogP contribution in [-0.2, 0) is 21.2 Å². The van der Waals surface area contributed by atoms with Crippen LogP contribution >= 0.6 is 0 Å². The maximum Gasteiger partial charge on any atom is 0.238 e. The van der Waals surface area contributed by atoms with E-state index in [9.17, 15) is 13.2 Å². The number of carbonyl (C=O) groups excluding carboxylic acids is 1. The molecule has 0 unspecified atom stereocenters. The lowest BCUT2D eigenvalue weighted by Gasteiger charge is -2.43. The van der Waals surface area contributed by atoms with E-state index in [-0.39, 0.29) is 18.5 Å². The van der Waals surface area contributed by atoms with Crippen molar-refractivity contribution in [3.8, 4) is 0 Å². The summed E-state index contributed by atoms with van der Waals surface area (Å²) in [4.78, 5) is 13.9. The molecule has 2 aliphatic heterocycles. The number of hydrogen-bond donors (Lipinski definition) is 0. The van der Waals surface area contributed by atoms with Crippen molar-refractivity contribution in [1.82, 2.24) is 9.21 Å². The molecule has 0 radical (unpaired) electrons. The van der Waals surface area contributed by atoms with E-state index in [2.05, 4.69) is 6.07 Å². The van der Waals surface area contributed by atoms with Crippen molar-refractivity contribution in [2.45, 2.75) is 12.5 Å². The minimum absolute atomic E-state index is 0.0303. The highest BCUT2D eigenvalue weighted by Crippen LogP contribution is 2.33. The van der Waals surface area contributed by atoms with Gasteiger partial charge < -0.3 is 4.90 Å². The van der Waals surface area contributed by atoms with E-state index in [0.29, 0.717) is 13.1 Å². The summed E-state index contributed by atoms with van der Waals surface area (Å²) in [7, 11) is -3.33. The van der Waals surface area contributed by atoms with Crippen molar-refractivity contribution < 1.29 is 13.2 Å². The van der Waals surface area contributed by atoms with Gasteiger partial charge in [-0.2, -0.15) is 4.31 Å². The second-order valence-corrected chi connectivity index (χ2v) is 7.09. The van der Waals surface area contributed by atoms with Crippen molar-refractivity contribution in [1.29, 1.82) is 0 Å². The van der Waals surface area contributed by atoms with Crippen LogP contribution in [0.5, 0.6) is 0 Å². The number of hydrogen-bond acceptors (Lipinski definition) is 3. The number of piperazine rings is 1. The molecule has 1 aromatic carbocycles. The summed E-state index contributed by atoms with van der Waals surface area (Å²) in [6, 6.07) is 7.82. The molecule has 0 saturated carbocycles. The lowest BCUT2D eigenvalue weighted by Crippen LogP contribution is -2.55. The Kier molecular flexibility index (Phi) is 2.87. The number of carbonyl (C=O) groups is 1. The summed E-state index contributed by atoms with van der Waals surface area (Å²) >= 11 is 0.